The van der Waals surface area contributed by atoms with Gasteiger partial charge in [0.25, 0.3) is 0 Å². The van der Waals surface area contributed by atoms with Crippen molar-refractivity contribution in [1.82, 2.24) is 0 Å². The van der Waals surface area contributed by atoms with Crippen LogP contribution in [0.4, 0.5) is 0 Å². The van der Waals surface area contributed by atoms with Gasteiger partial charge < -0.3 is 9.47 Å². The van der Waals surface area contributed by atoms with Gasteiger partial charge in [0, 0.05) is 5.56 Å². The molecule has 0 N–H and O–H groups in total. The predicted octanol–water partition coefficient (Wildman–Crippen LogP) is 7.61. The molecule has 4 nitrogen and oxygen atoms in total. The van der Waals surface area contributed by atoms with Gasteiger partial charge in [-0.15, -0.1) is 0 Å². The zero-order chi connectivity index (χ0) is 22.2. The van der Waals surface area contributed by atoms with Crippen molar-refractivity contribution >= 4 is 69.7 Å². The highest BCUT2D eigenvalue weighted by molar-refractivity contribution is 9.40. The van der Waals surface area contributed by atoms with Gasteiger partial charge in [0.2, 0.25) is 6.10 Å². The summed E-state index contributed by atoms with van der Waals surface area (Å²) in [6.07, 6.45) is -0.408. The number of nitrogens with zero attached hydrogens (tertiary/aromatic N) is 1. The lowest BCUT2D eigenvalue weighted by Crippen LogP contribution is -2.39. The van der Waals surface area contributed by atoms with Crippen LogP contribution in [0, 0.1) is 22.2 Å². The van der Waals surface area contributed by atoms with Crippen molar-refractivity contribution in [1.29, 1.82) is 5.26 Å². The molecular formula is C22H19Br4NO3. The predicted molar refractivity (Wildman–Crippen MR) is 130 cm³/mol. The van der Waals surface area contributed by atoms with Crippen molar-refractivity contribution < 1.29 is 14.3 Å². The molecule has 8 heteroatoms. The van der Waals surface area contributed by atoms with Gasteiger partial charge in [0.15, 0.2) is 0 Å². The Kier molecular flexibility index (Phi) is 7.08. The van der Waals surface area contributed by atoms with Crippen LogP contribution in [0.15, 0.2) is 54.6 Å². The second-order valence-corrected chi connectivity index (χ2v) is 15.7. The van der Waals surface area contributed by atoms with Crippen LogP contribution in [0.5, 0.6) is 11.5 Å². The maximum atomic E-state index is 13.3. The number of para-hydroxylation sites is 1. The van der Waals surface area contributed by atoms with E-state index >= 15 is 0 Å². The lowest BCUT2D eigenvalue weighted by molar-refractivity contribution is -0.155. The van der Waals surface area contributed by atoms with Gasteiger partial charge in [-0.1, -0.05) is 108 Å². The number of nitriles is 1. The molecule has 0 aliphatic heterocycles. The number of carbonyl (C=O) groups excluding carboxylic acids is 1. The second kappa shape index (κ2) is 8.93. The fourth-order valence-corrected chi connectivity index (χ4v) is 5.70. The van der Waals surface area contributed by atoms with Crippen LogP contribution in [0.2, 0.25) is 0 Å². The molecule has 2 aromatic rings. The van der Waals surface area contributed by atoms with E-state index in [9.17, 15) is 10.1 Å². The summed E-state index contributed by atoms with van der Waals surface area (Å²) in [6, 6.07) is 18.5. The molecule has 1 fully saturated rings. The molecule has 3 atom stereocenters. The summed E-state index contributed by atoms with van der Waals surface area (Å²) < 4.78 is 10.9. The number of carbonyl (C=O) groups is 1. The van der Waals surface area contributed by atoms with Gasteiger partial charge in [0.05, 0.1) is 10.2 Å². The maximum absolute atomic E-state index is 13.3. The van der Waals surface area contributed by atoms with Gasteiger partial charge >= 0.3 is 5.97 Å². The Balaban J connectivity index is 1.81. The summed E-state index contributed by atoms with van der Waals surface area (Å²) in [5, 5.41) is 9.72. The Bertz CT molecular complexity index is 968. The molecule has 0 spiro atoms. The van der Waals surface area contributed by atoms with Crippen molar-refractivity contribution in [2.75, 3.05) is 0 Å². The molecular weight excluding hydrogens is 646 g/mol. The number of hydrogen-bond donors (Lipinski definition) is 0. The van der Waals surface area contributed by atoms with Gasteiger partial charge in [0.1, 0.15) is 19.7 Å². The van der Waals surface area contributed by atoms with Crippen LogP contribution >= 0.6 is 63.7 Å². The van der Waals surface area contributed by atoms with Crippen LogP contribution in [-0.2, 0) is 9.53 Å². The van der Waals surface area contributed by atoms with E-state index in [0.717, 1.165) is 0 Å². The Morgan fingerprint density at radius 1 is 1.10 bits per heavy atom. The quantitative estimate of drug-likeness (QED) is 0.236. The molecule has 3 rings (SSSR count). The van der Waals surface area contributed by atoms with Gasteiger partial charge in [-0.25, -0.2) is 0 Å². The zero-order valence-corrected chi connectivity index (χ0v) is 22.6. The minimum absolute atomic E-state index is 0.281. The summed E-state index contributed by atoms with van der Waals surface area (Å²) in [5.74, 6) is 0.831. The molecule has 0 aromatic heterocycles. The van der Waals surface area contributed by atoms with Crippen LogP contribution in [0.3, 0.4) is 0 Å². The lowest BCUT2D eigenvalue weighted by atomic mass is 9.93. The van der Waals surface area contributed by atoms with Crippen LogP contribution in [0.1, 0.15) is 31.9 Å². The topological polar surface area (TPSA) is 59.3 Å². The van der Waals surface area contributed by atoms with Gasteiger partial charge in [-0.3, -0.25) is 4.79 Å². The lowest BCUT2D eigenvalue weighted by Gasteiger charge is -2.30. The number of ether oxygens (including phenoxy) is 2. The fourth-order valence-electron chi connectivity index (χ4n) is 3.56. The van der Waals surface area contributed by atoms with E-state index in [1.807, 2.05) is 44.2 Å². The summed E-state index contributed by atoms with van der Waals surface area (Å²) >= 11 is 14.1. The minimum atomic E-state index is -1.04. The molecule has 0 heterocycles. The molecule has 2 aromatic carbocycles. The molecule has 1 aliphatic carbocycles. The van der Waals surface area contributed by atoms with E-state index in [-0.39, 0.29) is 10.2 Å². The van der Waals surface area contributed by atoms with E-state index in [1.54, 1.807) is 24.3 Å². The molecule has 0 radical (unpaired) electrons. The highest BCUT2D eigenvalue weighted by atomic mass is 80.0. The Labute approximate surface area is 209 Å². The summed E-state index contributed by atoms with van der Waals surface area (Å²) in [6.45, 7) is 4.02. The van der Waals surface area contributed by atoms with E-state index in [1.165, 1.54) is 0 Å². The highest BCUT2D eigenvalue weighted by Crippen LogP contribution is 2.71. The first-order valence-electron chi connectivity index (χ1n) is 9.15. The van der Waals surface area contributed by atoms with Crippen molar-refractivity contribution in [2.24, 2.45) is 10.8 Å². The number of esters is 1. The van der Waals surface area contributed by atoms with Crippen molar-refractivity contribution in [3.63, 3.8) is 0 Å². The van der Waals surface area contributed by atoms with Crippen LogP contribution < -0.4 is 4.74 Å². The van der Waals surface area contributed by atoms with Gasteiger partial charge in [-0.05, 0) is 36.1 Å². The molecule has 158 valence electrons. The standard InChI is InChI=1S/C22H19Br4NO3/c1-20(2)13-21(20,18(23)22(24,25)26)19(28)30-17(12-27)14-7-6-10-16(11-14)29-15-8-4-3-5-9-15/h3-11,17-18H,13H2,1-2H3/t17?,18-,21-/m0/s1. The Hall–Kier alpha value is -0.880. The number of halogens is 4. The fraction of sp³-hybridized carbons (Fsp3) is 0.364. The maximum Gasteiger partial charge on any atom is 0.315 e. The first-order chi connectivity index (χ1) is 14.0. The van der Waals surface area contributed by atoms with E-state index < -0.39 is 19.6 Å². The molecule has 0 amide bonds. The summed E-state index contributed by atoms with van der Waals surface area (Å²) in [5.41, 5.74) is -0.518. The first-order valence-corrected chi connectivity index (χ1v) is 12.4. The highest BCUT2D eigenvalue weighted by Gasteiger charge is 2.73. The van der Waals surface area contributed by atoms with Crippen LogP contribution in [0.25, 0.3) is 0 Å². The Morgan fingerprint density at radius 2 is 1.70 bits per heavy atom. The number of alkyl halides is 4. The zero-order valence-electron chi connectivity index (χ0n) is 16.2. The Morgan fingerprint density at radius 3 is 2.23 bits per heavy atom. The number of hydrogen-bond acceptors (Lipinski definition) is 4. The molecule has 30 heavy (non-hydrogen) atoms. The third kappa shape index (κ3) is 4.79. The molecule has 0 bridgehead atoms. The largest absolute Gasteiger partial charge is 0.457 e. The molecule has 1 aliphatic rings. The van der Waals surface area contributed by atoms with Crippen molar-refractivity contribution in [3.8, 4) is 17.6 Å². The van der Waals surface area contributed by atoms with Crippen LogP contribution in [-0.4, -0.2) is 12.9 Å². The molecule has 1 saturated carbocycles. The molecule has 1 unspecified atom stereocenters. The van der Waals surface area contributed by atoms with E-state index in [4.69, 9.17) is 9.47 Å². The average molecular weight is 665 g/mol. The number of rotatable bonds is 6. The SMILES string of the molecule is CC1(C)C[C@@]1(C(=O)OC(C#N)c1cccc(Oc2ccccc2)c1)[C@H](Br)C(Br)(Br)Br. The second-order valence-electron chi connectivity index (χ2n) is 7.84. The average Bonchev–Trinajstić information content (AvgIpc) is 3.29. The first kappa shape index (κ1) is 23.8. The minimum Gasteiger partial charge on any atom is -0.457 e. The van der Waals surface area contributed by atoms with Crippen molar-refractivity contribution in [3.05, 3.63) is 60.2 Å². The monoisotopic (exact) mass is 661 g/mol. The molecule has 0 saturated heterocycles. The van der Waals surface area contributed by atoms with Gasteiger partial charge in [-0.2, -0.15) is 5.26 Å². The van der Waals surface area contributed by atoms with E-state index in [0.29, 0.717) is 23.5 Å². The third-order valence-corrected chi connectivity index (χ3v) is 10.1. The summed E-state index contributed by atoms with van der Waals surface area (Å²) in [7, 11) is 0. The smallest absolute Gasteiger partial charge is 0.315 e. The third-order valence-electron chi connectivity index (χ3n) is 5.37. The summed E-state index contributed by atoms with van der Waals surface area (Å²) in [4.78, 5) is 12.9. The normalized spacial score (nSPS) is 21.8. The number of benzene rings is 2. The van der Waals surface area contributed by atoms with Crippen molar-refractivity contribution in [2.45, 2.75) is 33.3 Å². The van der Waals surface area contributed by atoms with E-state index in [2.05, 4.69) is 69.8 Å².